The Bertz CT molecular complexity index is 146. The molecule has 3 N–H and O–H groups in total. The first-order valence-corrected chi connectivity index (χ1v) is 4.74. The quantitative estimate of drug-likeness (QED) is 0.572. The monoisotopic (exact) mass is 189 g/mol. The SMILES string of the molecule is COC1CC(CN)(OCCCO)C1. The Morgan fingerprint density at radius 3 is 2.69 bits per heavy atom. The zero-order valence-electron chi connectivity index (χ0n) is 8.16. The predicted octanol–water partition coefficient (Wildman–Crippen LogP) is -0.108. The number of ether oxygens (including phenoxy) is 2. The molecule has 0 saturated heterocycles. The zero-order valence-corrected chi connectivity index (χ0v) is 8.16. The van der Waals surface area contributed by atoms with Crippen LogP contribution < -0.4 is 5.73 Å². The molecule has 0 aliphatic heterocycles. The van der Waals surface area contributed by atoms with Crippen molar-refractivity contribution in [2.45, 2.75) is 31.0 Å². The van der Waals surface area contributed by atoms with E-state index in [9.17, 15) is 0 Å². The second kappa shape index (κ2) is 4.91. The van der Waals surface area contributed by atoms with Crippen molar-refractivity contribution in [3.8, 4) is 0 Å². The highest BCUT2D eigenvalue weighted by Gasteiger charge is 2.44. The first kappa shape index (κ1) is 10.9. The van der Waals surface area contributed by atoms with Crippen molar-refractivity contribution in [3.63, 3.8) is 0 Å². The van der Waals surface area contributed by atoms with Gasteiger partial charge in [0.1, 0.15) is 0 Å². The van der Waals surface area contributed by atoms with Crippen LogP contribution in [0.4, 0.5) is 0 Å². The summed E-state index contributed by atoms with van der Waals surface area (Å²) < 4.78 is 10.8. The Morgan fingerprint density at radius 2 is 2.23 bits per heavy atom. The van der Waals surface area contributed by atoms with Crippen molar-refractivity contribution < 1.29 is 14.6 Å². The summed E-state index contributed by atoms with van der Waals surface area (Å²) in [4.78, 5) is 0. The Morgan fingerprint density at radius 1 is 1.54 bits per heavy atom. The average molecular weight is 189 g/mol. The lowest BCUT2D eigenvalue weighted by molar-refractivity contribution is -0.159. The van der Waals surface area contributed by atoms with Crippen LogP contribution >= 0.6 is 0 Å². The van der Waals surface area contributed by atoms with Gasteiger partial charge in [-0.15, -0.1) is 0 Å². The number of aliphatic hydroxyl groups excluding tert-OH is 1. The highest BCUT2D eigenvalue weighted by Crippen LogP contribution is 2.36. The molecular weight excluding hydrogens is 170 g/mol. The molecule has 0 atom stereocenters. The van der Waals surface area contributed by atoms with Crippen LogP contribution in [0.5, 0.6) is 0 Å². The van der Waals surface area contributed by atoms with E-state index < -0.39 is 0 Å². The number of methoxy groups -OCH3 is 1. The minimum absolute atomic E-state index is 0.171. The molecule has 0 unspecified atom stereocenters. The van der Waals surface area contributed by atoms with Crippen molar-refractivity contribution in [2.75, 3.05) is 26.9 Å². The number of nitrogens with two attached hydrogens (primary N) is 1. The standard InChI is InChI=1S/C9H19NO3/c1-12-8-5-9(6-8,7-10)13-4-2-3-11/h8,11H,2-7,10H2,1H3. The third-order valence-corrected chi connectivity index (χ3v) is 2.62. The van der Waals surface area contributed by atoms with E-state index in [0.29, 0.717) is 25.7 Å². The lowest BCUT2D eigenvalue weighted by Crippen LogP contribution is -2.55. The largest absolute Gasteiger partial charge is 0.396 e. The molecule has 78 valence electrons. The molecule has 0 radical (unpaired) electrons. The number of hydrogen-bond donors (Lipinski definition) is 2. The molecule has 0 spiro atoms. The van der Waals surface area contributed by atoms with Gasteiger partial charge in [0.05, 0.1) is 11.7 Å². The molecule has 1 rings (SSSR count). The van der Waals surface area contributed by atoms with Gasteiger partial charge < -0.3 is 20.3 Å². The van der Waals surface area contributed by atoms with Gasteiger partial charge in [-0.2, -0.15) is 0 Å². The molecule has 1 aliphatic carbocycles. The van der Waals surface area contributed by atoms with Crippen molar-refractivity contribution in [1.29, 1.82) is 0 Å². The van der Waals surface area contributed by atoms with E-state index in [2.05, 4.69) is 0 Å². The highest BCUT2D eigenvalue weighted by atomic mass is 16.5. The Kier molecular flexibility index (Phi) is 4.12. The molecule has 0 aromatic heterocycles. The third-order valence-electron chi connectivity index (χ3n) is 2.62. The smallest absolute Gasteiger partial charge is 0.0853 e. The summed E-state index contributed by atoms with van der Waals surface area (Å²) in [6, 6.07) is 0. The van der Waals surface area contributed by atoms with E-state index in [4.69, 9.17) is 20.3 Å². The van der Waals surface area contributed by atoms with Gasteiger partial charge >= 0.3 is 0 Å². The molecule has 0 heterocycles. The van der Waals surface area contributed by atoms with Gasteiger partial charge in [0, 0.05) is 39.7 Å². The van der Waals surface area contributed by atoms with Gasteiger partial charge in [0.2, 0.25) is 0 Å². The maximum atomic E-state index is 8.59. The fourth-order valence-corrected chi connectivity index (χ4v) is 1.63. The van der Waals surface area contributed by atoms with E-state index >= 15 is 0 Å². The molecule has 1 fully saturated rings. The molecule has 0 amide bonds. The normalized spacial score (nSPS) is 33.0. The van der Waals surface area contributed by atoms with Crippen LogP contribution in [0.15, 0.2) is 0 Å². The highest BCUT2D eigenvalue weighted by molar-refractivity contribution is 4.97. The first-order chi connectivity index (χ1) is 6.26. The summed E-state index contributed by atoms with van der Waals surface area (Å²) in [6.45, 7) is 1.30. The van der Waals surface area contributed by atoms with Crippen LogP contribution in [0.3, 0.4) is 0 Å². The predicted molar refractivity (Wildman–Crippen MR) is 49.5 cm³/mol. The maximum absolute atomic E-state index is 8.59. The Balaban J connectivity index is 2.20. The van der Waals surface area contributed by atoms with E-state index in [1.54, 1.807) is 7.11 Å². The minimum Gasteiger partial charge on any atom is -0.396 e. The molecule has 13 heavy (non-hydrogen) atoms. The minimum atomic E-state index is -0.171. The van der Waals surface area contributed by atoms with E-state index in [0.717, 1.165) is 12.8 Å². The topological polar surface area (TPSA) is 64.7 Å². The fraction of sp³-hybridized carbons (Fsp3) is 1.00. The fourth-order valence-electron chi connectivity index (χ4n) is 1.63. The van der Waals surface area contributed by atoms with Gasteiger partial charge in [0.25, 0.3) is 0 Å². The molecule has 0 aromatic carbocycles. The summed E-state index contributed by atoms with van der Waals surface area (Å²) in [5, 5.41) is 8.59. The number of aliphatic hydroxyl groups is 1. The van der Waals surface area contributed by atoms with Crippen molar-refractivity contribution in [1.82, 2.24) is 0 Å². The van der Waals surface area contributed by atoms with Crippen LogP contribution in [-0.4, -0.2) is 43.7 Å². The molecule has 4 nitrogen and oxygen atoms in total. The van der Waals surface area contributed by atoms with E-state index in [1.165, 1.54) is 0 Å². The lowest BCUT2D eigenvalue weighted by Gasteiger charge is -2.45. The lowest BCUT2D eigenvalue weighted by atomic mass is 9.77. The van der Waals surface area contributed by atoms with Crippen molar-refractivity contribution >= 4 is 0 Å². The van der Waals surface area contributed by atoms with Crippen LogP contribution in [0, 0.1) is 0 Å². The molecule has 1 aliphatic rings. The summed E-state index contributed by atoms with van der Waals surface area (Å²) in [5.41, 5.74) is 5.45. The summed E-state index contributed by atoms with van der Waals surface area (Å²) in [5.74, 6) is 0. The third kappa shape index (κ3) is 2.64. The van der Waals surface area contributed by atoms with Crippen LogP contribution in [0.2, 0.25) is 0 Å². The van der Waals surface area contributed by atoms with Crippen LogP contribution in [0.1, 0.15) is 19.3 Å². The van der Waals surface area contributed by atoms with Crippen LogP contribution in [-0.2, 0) is 9.47 Å². The Labute approximate surface area is 79.0 Å². The second-order valence-corrected chi connectivity index (χ2v) is 3.58. The van der Waals surface area contributed by atoms with E-state index in [-0.39, 0.29) is 12.2 Å². The summed E-state index contributed by atoms with van der Waals surface area (Å²) >= 11 is 0. The summed E-state index contributed by atoms with van der Waals surface area (Å²) in [7, 11) is 1.71. The van der Waals surface area contributed by atoms with Gasteiger partial charge in [0.15, 0.2) is 0 Å². The second-order valence-electron chi connectivity index (χ2n) is 3.58. The van der Waals surface area contributed by atoms with Gasteiger partial charge in [-0.1, -0.05) is 0 Å². The zero-order chi connectivity index (χ0) is 9.73. The van der Waals surface area contributed by atoms with Gasteiger partial charge in [-0.3, -0.25) is 0 Å². The van der Waals surface area contributed by atoms with Crippen molar-refractivity contribution in [2.24, 2.45) is 5.73 Å². The van der Waals surface area contributed by atoms with Gasteiger partial charge in [-0.25, -0.2) is 0 Å². The molecule has 1 saturated carbocycles. The van der Waals surface area contributed by atoms with Gasteiger partial charge in [-0.05, 0) is 6.42 Å². The Hall–Kier alpha value is -0.160. The van der Waals surface area contributed by atoms with Crippen molar-refractivity contribution in [3.05, 3.63) is 0 Å². The average Bonchev–Trinajstić information content (AvgIpc) is 2.09. The van der Waals surface area contributed by atoms with Crippen LogP contribution in [0.25, 0.3) is 0 Å². The molecular formula is C9H19NO3. The van der Waals surface area contributed by atoms with E-state index in [1.807, 2.05) is 0 Å². The maximum Gasteiger partial charge on any atom is 0.0853 e. The first-order valence-electron chi connectivity index (χ1n) is 4.74. The number of rotatable bonds is 6. The number of hydrogen-bond acceptors (Lipinski definition) is 4. The molecule has 0 aromatic rings. The molecule has 4 heteroatoms. The molecule has 0 bridgehead atoms. The summed E-state index contributed by atoms with van der Waals surface area (Å²) in [6.07, 6.45) is 2.74.